The van der Waals surface area contributed by atoms with Crippen molar-refractivity contribution >= 4 is 6.29 Å². The van der Waals surface area contributed by atoms with E-state index in [1.807, 2.05) is 44.2 Å². The van der Waals surface area contributed by atoms with Crippen LogP contribution in [0.5, 0.6) is 0 Å². The lowest BCUT2D eigenvalue weighted by atomic mass is 10.1. The molecule has 0 fully saturated rings. The van der Waals surface area contributed by atoms with Crippen molar-refractivity contribution in [1.29, 1.82) is 0 Å². The van der Waals surface area contributed by atoms with Crippen LogP contribution in [0, 0.1) is 6.92 Å². The van der Waals surface area contributed by atoms with E-state index in [9.17, 15) is 4.79 Å². The molecule has 0 unspecified atom stereocenters. The first kappa shape index (κ1) is 11.5. The van der Waals surface area contributed by atoms with Crippen LogP contribution in [0.15, 0.2) is 30.3 Å². The minimum absolute atomic E-state index is 0.482. The van der Waals surface area contributed by atoms with Crippen LogP contribution < -0.4 is 0 Å². The van der Waals surface area contributed by atoms with Gasteiger partial charge in [0.05, 0.1) is 5.69 Å². The number of aldehydes is 1. The maximum atomic E-state index is 11.0. The number of hydrogen-bond acceptors (Lipinski definition) is 3. The molecule has 86 valence electrons. The molecule has 2 aromatic rings. The molecule has 0 aliphatic rings. The summed E-state index contributed by atoms with van der Waals surface area (Å²) in [5.41, 5.74) is 3.18. The molecular formula is C14H14N2O. The fraction of sp³-hybridized carbons (Fsp3) is 0.214. The number of rotatable bonds is 3. The Morgan fingerprint density at radius 1 is 1.18 bits per heavy atom. The zero-order valence-corrected chi connectivity index (χ0v) is 9.97. The number of aryl methyl sites for hydroxylation is 1. The molecule has 0 spiro atoms. The summed E-state index contributed by atoms with van der Waals surface area (Å²) in [6, 6.07) is 9.86. The van der Waals surface area contributed by atoms with Crippen LogP contribution in [0.3, 0.4) is 0 Å². The second-order valence-corrected chi connectivity index (χ2v) is 3.84. The lowest BCUT2D eigenvalue weighted by Crippen LogP contribution is -2.03. The van der Waals surface area contributed by atoms with E-state index in [2.05, 4.69) is 9.97 Å². The SMILES string of the molecule is CCc1nc(C=O)c(C)c(-c2ccccc2)n1. The Morgan fingerprint density at radius 3 is 2.47 bits per heavy atom. The van der Waals surface area contributed by atoms with Crippen LogP contribution >= 0.6 is 0 Å². The van der Waals surface area contributed by atoms with E-state index in [0.717, 1.165) is 29.5 Å². The second kappa shape index (κ2) is 4.87. The lowest BCUT2D eigenvalue weighted by Gasteiger charge is -2.08. The van der Waals surface area contributed by atoms with Crippen LogP contribution in [-0.2, 0) is 6.42 Å². The fourth-order valence-corrected chi connectivity index (χ4v) is 1.73. The van der Waals surface area contributed by atoms with Crippen molar-refractivity contribution in [3.8, 4) is 11.3 Å². The van der Waals surface area contributed by atoms with Crippen LogP contribution in [0.1, 0.15) is 28.8 Å². The highest BCUT2D eigenvalue weighted by Gasteiger charge is 2.10. The highest BCUT2D eigenvalue weighted by molar-refractivity contribution is 5.78. The summed E-state index contributed by atoms with van der Waals surface area (Å²) < 4.78 is 0. The van der Waals surface area contributed by atoms with Gasteiger partial charge in [-0.1, -0.05) is 37.3 Å². The molecule has 0 radical (unpaired) electrons. The van der Waals surface area contributed by atoms with Crippen molar-refractivity contribution in [1.82, 2.24) is 9.97 Å². The molecule has 2 rings (SSSR count). The Hall–Kier alpha value is -2.03. The first-order valence-corrected chi connectivity index (χ1v) is 5.64. The molecule has 0 amide bonds. The van der Waals surface area contributed by atoms with Crippen LogP contribution in [-0.4, -0.2) is 16.3 Å². The second-order valence-electron chi connectivity index (χ2n) is 3.84. The van der Waals surface area contributed by atoms with Gasteiger partial charge in [-0.05, 0) is 6.92 Å². The van der Waals surface area contributed by atoms with Crippen LogP contribution in [0.25, 0.3) is 11.3 Å². The summed E-state index contributed by atoms with van der Waals surface area (Å²) >= 11 is 0. The zero-order chi connectivity index (χ0) is 12.3. The Balaban J connectivity index is 2.64. The van der Waals surface area contributed by atoms with E-state index in [4.69, 9.17) is 0 Å². The normalized spacial score (nSPS) is 10.2. The van der Waals surface area contributed by atoms with Gasteiger partial charge in [-0.2, -0.15) is 0 Å². The molecule has 0 aliphatic heterocycles. The predicted molar refractivity (Wildman–Crippen MR) is 67.0 cm³/mol. The molecule has 0 saturated heterocycles. The molecule has 0 atom stereocenters. The number of hydrogen-bond donors (Lipinski definition) is 0. The summed E-state index contributed by atoms with van der Waals surface area (Å²) in [5, 5.41) is 0. The van der Waals surface area contributed by atoms with E-state index < -0.39 is 0 Å². The average Bonchev–Trinajstić information content (AvgIpc) is 2.40. The number of carbonyl (C=O) groups excluding carboxylic acids is 1. The maximum Gasteiger partial charge on any atom is 0.168 e. The highest BCUT2D eigenvalue weighted by Crippen LogP contribution is 2.22. The lowest BCUT2D eigenvalue weighted by molar-refractivity contribution is 0.111. The smallest absolute Gasteiger partial charge is 0.168 e. The Kier molecular flexibility index (Phi) is 3.28. The molecule has 1 aromatic heterocycles. The van der Waals surface area contributed by atoms with E-state index in [-0.39, 0.29) is 0 Å². The number of nitrogens with zero attached hydrogens (tertiary/aromatic N) is 2. The fourth-order valence-electron chi connectivity index (χ4n) is 1.73. The topological polar surface area (TPSA) is 42.9 Å². The van der Waals surface area contributed by atoms with Crippen molar-refractivity contribution in [2.45, 2.75) is 20.3 Å². The predicted octanol–water partition coefficient (Wildman–Crippen LogP) is 2.83. The van der Waals surface area contributed by atoms with Crippen molar-refractivity contribution < 1.29 is 4.79 Å². The first-order valence-electron chi connectivity index (χ1n) is 5.64. The van der Waals surface area contributed by atoms with E-state index in [0.29, 0.717) is 11.5 Å². The van der Waals surface area contributed by atoms with Crippen molar-refractivity contribution in [2.75, 3.05) is 0 Å². The van der Waals surface area contributed by atoms with Gasteiger partial charge in [0, 0.05) is 17.5 Å². The third-order valence-electron chi connectivity index (χ3n) is 2.70. The van der Waals surface area contributed by atoms with E-state index in [1.165, 1.54) is 0 Å². The number of benzene rings is 1. The van der Waals surface area contributed by atoms with Gasteiger partial charge < -0.3 is 0 Å². The Labute approximate surface area is 101 Å². The van der Waals surface area contributed by atoms with Gasteiger partial charge in [0.2, 0.25) is 0 Å². The summed E-state index contributed by atoms with van der Waals surface area (Å²) in [6.07, 6.45) is 1.52. The zero-order valence-electron chi connectivity index (χ0n) is 9.97. The number of carbonyl (C=O) groups is 1. The molecule has 0 aliphatic carbocycles. The average molecular weight is 226 g/mol. The molecule has 17 heavy (non-hydrogen) atoms. The van der Waals surface area contributed by atoms with Gasteiger partial charge in [-0.15, -0.1) is 0 Å². The number of aromatic nitrogens is 2. The monoisotopic (exact) mass is 226 g/mol. The Morgan fingerprint density at radius 2 is 1.88 bits per heavy atom. The van der Waals surface area contributed by atoms with Gasteiger partial charge in [-0.3, -0.25) is 4.79 Å². The van der Waals surface area contributed by atoms with Crippen molar-refractivity contribution in [3.63, 3.8) is 0 Å². The summed E-state index contributed by atoms with van der Waals surface area (Å²) in [4.78, 5) is 19.7. The molecule has 3 nitrogen and oxygen atoms in total. The van der Waals surface area contributed by atoms with E-state index >= 15 is 0 Å². The molecule has 0 N–H and O–H groups in total. The summed E-state index contributed by atoms with van der Waals surface area (Å²) in [5.74, 6) is 0.705. The molecule has 0 saturated carbocycles. The molecular weight excluding hydrogens is 212 g/mol. The highest BCUT2D eigenvalue weighted by atomic mass is 16.1. The molecule has 1 heterocycles. The van der Waals surface area contributed by atoms with Crippen molar-refractivity contribution in [3.05, 3.63) is 47.4 Å². The molecule has 0 bridgehead atoms. The minimum Gasteiger partial charge on any atom is -0.296 e. The third-order valence-corrected chi connectivity index (χ3v) is 2.70. The van der Waals surface area contributed by atoms with Gasteiger partial charge in [-0.25, -0.2) is 9.97 Å². The van der Waals surface area contributed by atoms with Gasteiger partial charge in [0.15, 0.2) is 6.29 Å². The molecule has 3 heteroatoms. The van der Waals surface area contributed by atoms with Gasteiger partial charge >= 0.3 is 0 Å². The van der Waals surface area contributed by atoms with Gasteiger partial charge in [0.25, 0.3) is 0 Å². The largest absolute Gasteiger partial charge is 0.296 e. The van der Waals surface area contributed by atoms with Crippen molar-refractivity contribution in [2.24, 2.45) is 0 Å². The van der Waals surface area contributed by atoms with Gasteiger partial charge in [0.1, 0.15) is 11.5 Å². The molecule has 1 aromatic carbocycles. The quantitative estimate of drug-likeness (QED) is 0.756. The maximum absolute atomic E-state index is 11.0. The standard InChI is InChI=1S/C14H14N2O/c1-3-13-15-12(9-17)10(2)14(16-13)11-7-5-4-6-8-11/h4-9H,3H2,1-2H3. The van der Waals surface area contributed by atoms with Crippen LogP contribution in [0.4, 0.5) is 0 Å². The first-order chi connectivity index (χ1) is 8.26. The summed E-state index contributed by atoms with van der Waals surface area (Å²) in [6.45, 7) is 3.86. The Bertz CT molecular complexity index is 535. The minimum atomic E-state index is 0.482. The summed E-state index contributed by atoms with van der Waals surface area (Å²) in [7, 11) is 0. The van der Waals surface area contributed by atoms with E-state index in [1.54, 1.807) is 0 Å². The third kappa shape index (κ3) is 2.23. The van der Waals surface area contributed by atoms with Crippen LogP contribution in [0.2, 0.25) is 0 Å².